The molecule has 0 spiro atoms. The van der Waals surface area contributed by atoms with Gasteiger partial charge in [0.1, 0.15) is 17.1 Å². The second kappa shape index (κ2) is 9.09. The van der Waals surface area contributed by atoms with Crippen molar-refractivity contribution in [3.8, 4) is 11.4 Å². The molecule has 0 bridgehead atoms. The number of amides is 1. The zero-order chi connectivity index (χ0) is 20.9. The Labute approximate surface area is 176 Å². The molecule has 1 aromatic carbocycles. The van der Waals surface area contributed by atoms with Crippen molar-refractivity contribution in [2.24, 2.45) is 0 Å². The minimum Gasteiger partial charge on any atom is -0.467 e. The van der Waals surface area contributed by atoms with Gasteiger partial charge in [0.15, 0.2) is 5.82 Å². The van der Waals surface area contributed by atoms with Crippen molar-refractivity contribution < 1.29 is 9.21 Å². The van der Waals surface area contributed by atoms with Gasteiger partial charge in [-0.15, -0.1) is 0 Å². The fourth-order valence-corrected chi connectivity index (χ4v) is 3.68. The summed E-state index contributed by atoms with van der Waals surface area (Å²) in [7, 11) is 1.77. The van der Waals surface area contributed by atoms with E-state index in [0.717, 1.165) is 44.0 Å². The fraction of sp³-hybridized carbons (Fsp3) is 0.348. The van der Waals surface area contributed by atoms with E-state index in [1.54, 1.807) is 24.4 Å². The number of likely N-dealkylation sites (N-methyl/N-ethyl adjacent to an activating group) is 1. The Morgan fingerprint density at radius 3 is 2.53 bits per heavy atom. The Bertz CT molecular complexity index is 967. The molecule has 1 amide bonds. The van der Waals surface area contributed by atoms with Gasteiger partial charge in [-0.05, 0) is 18.7 Å². The maximum atomic E-state index is 13.3. The predicted molar refractivity (Wildman–Crippen MR) is 116 cm³/mol. The van der Waals surface area contributed by atoms with E-state index in [0.29, 0.717) is 23.8 Å². The normalized spacial score (nSPS) is 14.7. The van der Waals surface area contributed by atoms with Crippen molar-refractivity contribution in [1.82, 2.24) is 19.8 Å². The second-order valence-corrected chi connectivity index (χ2v) is 7.46. The monoisotopic (exact) mass is 405 g/mol. The van der Waals surface area contributed by atoms with E-state index in [2.05, 4.69) is 21.7 Å². The number of furan rings is 1. The van der Waals surface area contributed by atoms with Crippen molar-refractivity contribution in [3.63, 3.8) is 0 Å². The van der Waals surface area contributed by atoms with Crippen molar-refractivity contribution in [1.29, 1.82) is 0 Å². The van der Waals surface area contributed by atoms with E-state index in [9.17, 15) is 4.79 Å². The molecule has 1 saturated heterocycles. The summed E-state index contributed by atoms with van der Waals surface area (Å²) in [6.07, 6.45) is 3.28. The van der Waals surface area contributed by atoms with Gasteiger partial charge < -0.3 is 19.1 Å². The van der Waals surface area contributed by atoms with E-state index in [1.165, 1.54) is 0 Å². The number of carbonyl (C=O) groups is 1. The number of benzene rings is 1. The molecule has 0 saturated carbocycles. The number of rotatable bonds is 6. The van der Waals surface area contributed by atoms with Crippen LogP contribution in [-0.4, -0.2) is 65.4 Å². The van der Waals surface area contributed by atoms with E-state index in [4.69, 9.17) is 9.40 Å². The average Bonchev–Trinajstić information content (AvgIpc) is 3.32. The van der Waals surface area contributed by atoms with E-state index in [1.807, 2.05) is 42.5 Å². The van der Waals surface area contributed by atoms with Crippen molar-refractivity contribution in [2.45, 2.75) is 13.5 Å². The molecule has 0 unspecified atom stereocenters. The first kappa shape index (κ1) is 20.1. The zero-order valence-electron chi connectivity index (χ0n) is 17.5. The van der Waals surface area contributed by atoms with Gasteiger partial charge in [0.2, 0.25) is 0 Å². The predicted octanol–water partition coefficient (Wildman–Crippen LogP) is 3.15. The first-order valence-electron chi connectivity index (χ1n) is 10.3. The van der Waals surface area contributed by atoms with Crippen molar-refractivity contribution in [3.05, 3.63) is 66.2 Å². The third-order valence-electron chi connectivity index (χ3n) is 5.47. The molecule has 3 aromatic rings. The van der Waals surface area contributed by atoms with Gasteiger partial charge in [0.05, 0.1) is 12.8 Å². The van der Waals surface area contributed by atoms with Gasteiger partial charge in [0.25, 0.3) is 5.91 Å². The summed E-state index contributed by atoms with van der Waals surface area (Å²) in [6, 6.07) is 13.6. The van der Waals surface area contributed by atoms with Crippen molar-refractivity contribution in [2.75, 3.05) is 44.7 Å². The van der Waals surface area contributed by atoms with Gasteiger partial charge in [-0.2, -0.15) is 0 Å². The molecule has 7 nitrogen and oxygen atoms in total. The molecule has 2 aromatic heterocycles. The Hall–Kier alpha value is -3.19. The van der Waals surface area contributed by atoms with Gasteiger partial charge in [-0.25, -0.2) is 9.97 Å². The van der Waals surface area contributed by atoms with E-state index >= 15 is 0 Å². The van der Waals surface area contributed by atoms with Crippen LogP contribution in [0.25, 0.3) is 11.4 Å². The quantitative estimate of drug-likeness (QED) is 0.628. The first-order chi connectivity index (χ1) is 14.7. The SMILES string of the molecule is CCN1CCN(c2nc(-c3ccccc3)ncc2C(=O)N(C)Cc2ccco2)CC1. The lowest BCUT2D eigenvalue weighted by Crippen LogP contribution is -2.47. The maximum absolute atomic E-state index is 13.3. The summed E-state index contributed by atoms with van der Waals surface area (Å²) < 4.78 is 5.40. The lowest BCUT2D eigenvalue weighted by Gasteiger charge is -2.35. The molecule has 7 heteroatoms. The highest BCUT2D eigenvalue weighted by Crippen LogP contribution is 2.25. The molecule has 1 aliphatic rings. The van der Waals surface area contributed by atoms with Crippen LogP contribution in [0.15, 0.2) is 59.3 Å². The highest BCUT2D eigenvalue weighted by molar-refractivity contribution is 5.98. The summed E-state index contributed by atoms with van der Waals surface area (Å²) in [6.45, 7) is 7.18. The summed E-state index contributed by atoms with van der Waals surface area (Å²) >= 11 is 0. The Morgan fingerprint density at radius 2 is 1.87 bits per heavy atom. The number of carbonyl (C=O) groups excluding carboxylic acids is 1. The highest BCUT2D eigenvalue weighted by Gasteiger charge is 2.25. The maximum Gasteiger partial charge on any atom is 0.259 e. The van der Waals surface area contributed by atoms with Crippen LogP contribution in [0.4, 0.5) is 5.82 Å². The minimum atomic E-state index is -0.112. The summed E-state index contributed by atoms with van der Waals surface area (Å²) in [4.78, 5) is 28.9. The molecule has 0 radical (unpaired) electrons. The lowest BCUT2D eigenvalue weighted by molar-refractivity contribution is 0.0775. The third-order valence-corrected chi connectivity index (χ3v) is 5.47. The molecule has 0 N–H and O–H groups in total. The van der Waals surface area contributed by atoms with E-state index < -0.39 is 0 Å². The van der Waals surface area contributed by atoms with Crippen LogP contribution >= 0.6 is 0 Å². The molecule has 4 rings (SSSR count). The smallest absolute Gasteiger partial charge is 0.259 e. The zero-order valence-corrected chi connectivity index (χ0v) is 17.5. The second-order valence-electron chi connectivity index (χ2n) is 7.46. The molecule has 3 heterocycles. The molecular weight excluding hydrogens is 378 g/mol. The number of anilines is 1. The van der Waals surface area contributed by atoms with Crippen LogP contribution in [0, 0.1) is 0 Å². The lowest BCUT2D eigenvalue weighted by atomic mass is 10.2. The van der Waals surface area contributed by atoms with Gasteiger partial charge in [0, 0.05) is 45.0 Å². The topological polar surface area (TPSA) is 65.7 Å². The largest absolute Gasteiger partial charge is 0.467 e. The molecule has 0 atom stereocenters. The molecule has 156 valence electrons. The number of nitrogens with zero attached hydrogens (tertiary/aromatic N) is 5. The molecule has 1 fully saturated rings. The molecule has 30 heavy (non-hydrogen) atoms. The van der Waals surface area contributed by atoms with Crippen LogP contribution in [0.5, 0.6) is 0 Å². The average molecular weight is 406 g/mol. The first-order valence-corrected chi connectivity index (χ1v) is 10.3. The Kier molecular flexibility index (Phi) is 6.09. The highest BCUT2D eigenvalue weighted by atomic mass is 16.3. The number of hydrogen-bond donors (Lipinski definition) is 0. The molecule has 1 aliphatic heterocycles. The fourth-order valence-electron chi connectivity index (χ4n) is 3.68. The molecule has 0 aliphatic carbocycles. The van der Waals surface area contributed by atoms with Crippen molar-refractivity contribution >= 4 is 11.7 Å². The summed E-state index contributed by atoms with van der Waals surface area (Å²) in [5, 5.41) is 0. The van der Waals surface area contributed by atoms with Crippen LogP contribution in [-0.2, 0) is 6.54 Å². The van der Waals surface area contributed by atoms with Gasteiger partial charge in [-0.3, -0.25) is 4.79 Å². The Balaban J connectivity index is 1.65. The summed E-state index contributed by atoms with van der Waals surface area (Å²) in [5.74, 6) is 1.97. The van der Waals surface area contributed by atoms with Gasteiger partial charge in [-0.1, -0.05) is 37.3 Å². The van der Waals surface area contributed by atoms with Crippen LogP contribution in [0.1, 0.15) is 23.0 Å². The summed E-state index contributed by atoms with van der Waals surface area (Å²) in [5.41, 5.74) is 1.46. The minimum absolute atomic E-state index is 0.112. The van der Waals surface area contributed by atoms with Gasteiger partial charge >= 0.3 is 0 Å². The standard InChI is InChI=1S/C23H27N5O2/c1-3-27-11-13-28(14-12-27)22-20(23(29)26(2)17-19-10-7-15-30-19)16-24-21(25-22)18-8-5-4-6-9-18/h4-10,15-16H,3,11-14,17H2,1-2H3. The van der Waals surface area contributed by atoms with Crippen LogP contribution in [0.3, 0.4) is 0 Å². The number of hydrogen-bond acceptors (Lipinski definition) is 6. The number of aromatic nitrogens is 2. The van der Waals surface area contributed by atoms with Crippen LogP contribution < -0.4 is 4.90 Å². The van der Waals surface area contributed by atoms with Crippen LogP contribution in [0.2, 0.25) is 0 Å². The third kappa shape index (κ3) is 4.36. The van der Waals surface area contributed by atoms with E-state index in [-0.39, 0.29) is 5.91 Å². The molecular formula is C23H27N5O2. The number of piperazine rings is 1. The Morgan fingerprint density at radius 1 is 1.10 bits per heavy atom.